The van der Waals surface area contributed by atoms with Gasteiger partial charge in [-0.15, -0.1) is 11.3 Å². The smallest absolute Gasteiger partial charge is 0.221 e. The summed E-state index contributed by atoms with van der Waals surface area (Å²) in [6, 6.07) is 3.77. The number of ether oxygens (including phenoxy) is 2. The molecule has 0 radical (unpaired) electrons. The van der Waals surface area contributed by atoms with Crippen molar-refractivity contribution in [3.05, 3.63) is 39.2 Å². The maximum Gasteiger partial charge on any atom is 0.221 e. The summed E-state index contributed by atoms with van der Waals surface area (Å²) in [6.07, 6.45) is 0.716. The molecule has 9 heteroatoms. The number of nitrogens with two attached hydrogens (primary N) is 1. The molecule has 0 saturated carbocycles. The number of aromatic nitrogens is 2. The van der Waals surface area contributed by atoms with Crippen LogP contribution < -0.4 is 10.5 Å². The van der Waals surface area contributed by atoms with Crippen LogP contribution in [0.5, 0.6) is 5.75 Å². The molecule has 6 nitrogen and oxygen atoms in total. The van der Waals surface area contributed by atoms with Crippen LogP contribution in [0.25, 0.3) is 27.2 Å². The highest BCUT2D eigenvalue weighted by Gasteiger charge is 2.27. The third-order valence-corrected chi connectivity index (χ3v) is 6.86. The number of benzene rings is 1. The van der Waals surface area contributed by atoms with Crippen molar-refractivity contribution < 1.29 is 9.47 Å². The number of anilines is 1. The van der Waals surface area contributed by atoms with E-state index in [0.717, 1.165) is 45.0 Å². The highest BCUT2D eigenvalue weighted by atomic mass is 35.5. The van der Waals surface area contributed by atoms with Crippen molar-refractivity contribution in [2.24, 2.45) is 0 Å². The number of nitrogen functional groups attached to an aromatic ring is 1. The number of fused-ring (bicyclic) bond motifs is 2. The number of halogens is 2. The van der Waals surface area contributed by atoms with Crippen LogP contribution in [0.3, 0.4) is 0 Å². The van der Waals surface area contributed by atoms with Crippen LogP contribution in [0, 0.1) is 0 Å². The Kier molecular flexibility index (Phi) is 4.78. The fraction of sp³-hybridized carbons (Fsp3) is 0.300. The van der Waals surface area contributed by atoms with Gasteiger partial charge in [-0.2, -0.15) is 0 Å². The molecule has 1 saturated heterocycles. The molecule has 0 bridgehead atoms. The molecule has 0 aliphatic carbocycles. The average molecular weight is 449 g/mol. The van der Waals surface area contributed by atoms with Crippen molar-refractivity contribution in [3.8, 4) is 17.0 Å². The average Bonchev–Trinajstić information content (AvgIpc) is 3.35. The zero-order valence-corrected chi connectivity index (χ0v) is 17.8. The number of hydrogen-bond acceptors (Lipinski definition) is 7. The van der Waals surface area contributed by atoms with E-state index in [0.29, 0.717) is 47.7 Å². The van der Waals surface area contributed by atoms with Crippen molar-refractivity contribution >= 4 is 56.4 Å². The first-order valence-corrected chi connectivity index (χ1v) is 10.8. The molecule has 4 heterocycles. The zero-order chi connectivity index (χ0) is 20.1. The van der Waals surface area contributed by atoms with Crippen LogP contribution in [-0.2, 0) is 11.2 Å². The summed E-state index contributed by atoms with van der Waals surface area (Å²) >= 11 is 14.5. The topological polar surface area (TPSA) is 73.5 Å². The van der Waals surface area contributed by atoms with E-state index >= 15 is 0 Å². The molecule has 29 heavy (non-hydrogen) atoms. The van der Waals surface area contributed by atoms with Crippen LogP contribution in [0.15, 0.2) is 18.7 Å². The van der Waals surface area contributed by atoms with Crippen molar-refractivity contribution in [1.29, 1.82) is 0 Å². The van der Waals surface area contributed by atoms with E-state index in [2.05, 4.69) is 27.5 Å². The van der Waals surface area contributed by atoms with Crippen molar-refractivity contribution in [1.82, 2.24) is 14.9 Å². The predicted molar refractivity (Wildman–Crippen MR) is 118 cm³/mol. The molecule has 2 aliphatic rings. The number of nitrogens with zero attached hydrogens (tertiary/aromatic N) is 3. The summed E-state index contributed by atoms with van der Waals surface area (Å²) in [5.41, 5.74) is 9.48. The van der Waals surface area contributed by atoms with Gasteiger partial charge in [0, 0.05) is 41.7 Å². The van der Waals surface area contributed by atoms with Gasteiger partial charge >= 0.3 is 0 Å². The number of morpholine rings is 1. The first-order valence-electron chi connectivity index (χ1n) is 9.26. The van der Waals surface area contributed by atoms with Crippen molar-refractivity contribution in [2.45, 2.75) is 6.42 Å². The quantitative estimate of drug-likeness (QED) is 0.636. The van der Waals surface area contributed by atoms with E-state index in [1.807, 2.05) is 0 Å². The lowest BCUT2D eigenvalue weighted by Gasteiger charge is -2.29. The first-order chi connectivity index (χ1) is 14.0. The van der Waals surface area contributed by atoms with Crippen molar-refractivity contribution in [2.75, 3.05) is 38.6 Å². The molecule has 0 spiro atoms. The maximum absolute atomic E-state index is 6.61. The Morgan fingerprint density at radius 1 is 1.14 bits per heavy atom. The van der Waals surface area contributed by atoms with Gasteiger partial charge in [0.25, 0.3) is 0 Å². The Morgan fingerprint density at radius 3 is 2.72 bits per heavy atom. The van der Waals surface area contributed by atoms with Gasteiger partial charge in [-0.25, -0.2) is 9.97 Å². The van der Waals surface area contributed by atoms with E-state index in [1.54, 1.807) is 17.4 Å². The van der Waals surface area contributed by atoms with Gasteiger partial charge in [-0.05, 0) is 12.1 Å². The highest BCUT2D eigenvalue weighted by molar-refractivity contribution is 7.19. The monoisotopic (exact) mass is 448 g/mol. The summed E-state index contributed by atoms with van der Waals surface area (Å²) in [5.74, 6) is 0.876. The van der Waals surface area contributed by atoms with E-state index in [9.17, 15) is 0 Å². The second-order valence-electron chi connectivity index (χ2n) is 6.93. The predicted octanol–water partition coefficient (Wildman–Crippen LogP) is 4.49. The molecule has 0 atom stereocenters. The molecule has 3 aromatic rings. The zero-order valence-electron chi connectivity index (χ0n) is 15.5. The van der Waals surface area contributed by atoms with Crippen LogP contribution in [-0.4, -0.2) is 47.8 Å². The lowest BCUT2D eigenvalue weighted by Crippen LogP contribution is -2.34. The molecule has 2 aliphatic heterocycles. The second-order valence-corrected chi connectivity index (χ2v) is 8.77. The van der Waals surface area contributed by atoms with E-state index < -0.39 is 0 Å². The largest absolute Gasteiger partial charge is 0.491 e. The Bertz CT molecular complexity index is 1140. The molecule has 0 amide bonds. The molecule has 5 rings (SSSR count). The van der Waals surface area contributed by atoms with Gasteiger partial charge in [0.15, 0.2) is 0 Å². The summed E-state index contributed by atoms with van der Waals surface area (Å²) in [7, 11) is 0. The minimum absolute atomic E-state index is 0.205. The van der Waals surface area contributed by atoms with Crippen molar-refractivity contribution in [3.63, 3.8) is 0 Å². The highest BCUT2D eigenvalue weighted by Crippen LogP contribution is 2.46. The van der Waals surface area contributed by atoms with Crippen LogP contribution in [0.4, 0.5) is 5.95 Å². The number of thiophene rings is 1. The summed E-state index contributed by atoms with van der Waals surface area (Å²) in [6.45, 7) is 7.91. The molecule has 1 fully saturated rings. The van der Waals surface area contributed by atoms with Gasteiger partial charge in [0.1, 0.15) is 10.6 Å². The van der Waals surface area contributed by atoms with Gasteiger partial charge in [-0.1, -0.05) is 29.8 Å². The van der Waals surface area contributed by atoms with Gasteiger partial charge in [-0.3, -0.25) is 0 Å². The molecule has 0 unspecified atom stereocenters. The SMILES string of the molecule is C=C(c1cc2c(-c3c(Cl)cc(Cl)c4c3CCO4)nc(N)nc2s1)N1CCOCC1. The Morgan fingerprint density at radius 2 is 1.93 bits per heavy atom. The van der Waals surface area contributed by atoms with Gasteiger partial charge < -0.3 is 20.1 Å². The fourth-order valence-corrected chi connectivity index (χ4v) is 5.50. The molecule has 1 aromatic carbocycles. The van der Waals surface area contributed by atoms with Crippen LogP contribution in [0.1, 0.15) is 10.4 Å². The molecular formula is C20H18Cl2N4O2S. The molecule has 2 N–H and O–H groups in total. The lowest BCUT2D eigenvalue weighted by molar-refractivity contribution is 0.0642. The van der Waals surface area contributed by atoms with Crippen LogP contribution in [0.2, 0.25) is 10.0 Å². The normalized spacial score (nSPS) is 16.1. The van der Waals surface area contributed by atoms with E-state index in [1.165, 1.54) is 0 Å². The molecular weight excluding hydrogens is 431 g/mol. The van der Waals surface area contributed by atoms with E-state index in [-0.39, 0.29) is 5.95 Å². The summed E-state index contributed by atoms with van der Waals surface area (Å²) in [4.78, 5) is 13.1. The van der Waals surface area contributed by atoms with Gasteiger partial charge in [0.05, 0.1) is 40.4 Å². The Balaban J connectivity index is 1.67. The number of hydrogen-bond donors (Lipinski definition) is 1. The lowest BCUT2D eigenvalue weighted by atomic mass is 10.00. The Hall–Kier alpha value is -2.06. The van der Waals surface area contributed by atoms with Gasteiger partial charge in [0.2, 0.25) is 5.95 Å². The fourth-order valence-electron chi connectivity index (χ4n) is 3.82. The minimum Gasteiger partial charge on any atom is -0.491 e. The summed E-state index contributed by atoms with van der Waals surface area (Å²) < 4.78 is 11.2. The Labute approximate surface area is 181 Å². The van der Waals surface area contributed by atoms with Crippen LogP contribution >= 0.6 is 34.5 Å². The second kappa shape index (κ2) is 7.32. The third kappa shape index (κ3) is 3.22. The minimum atomic E-state index is 0.205. The molecule has 150 valence electrons. The van der Waals surface area contributed by atoms with E-state index in [4.69, 9.17) is 38.4 Å². The first kappa shape index (κ1) is 18.9. The number of rotatable bonds is 3. The molecule has 2 aromatic heterocycles. The standard InChI is InChI=1S/C20H18Cl2N4O2S/c1-10(26-3-6-27-7-4-26)15-8-12-17(24-20(23)25-19(12)29-15)16-11-2-5-28-18(11)14(22)9-13(16)21/h8-9H,1-7H2,(H2,23,24,25). The third-order valence-electron chi connectivity index (χ3n) is 5.21. The maximum atomic E-state index is 6.61. The summed E-state index contributed by atoms with van der Waals surface area (Å²) in [5, 5.41) is 1.93.